The minimum Gasteiger partial charge on any atom is -0.191 e. The summed E-state index contributed by atoms with van der Waals surface area (Å²) in [5, 5.41) is 1.16. The Hall–Kier alpha value is 0.0700. The van der Waals surface area contributed by atoms with Crippen LogP contribution in [0.1, 0.15) is 0 Å². The van der Waals surface area contributed by atoms with Gasteiger partial charge in [0.2, 0.25) is 0 Å². The molecule has 0 aliphatic carbocycles. The zero-order valence-corrected chi connectivity index (χ0v) is 9.33. The molecule has 0 atom stereocenters. The van der Waals surface area contributed by atoms with Crippen LogP contribution in [-0.4, -0.2) is 4.37 Å². The second kappa shape index (κ2) is 2.84. The molecule has 56 valence electrons. The van der Waals surface area contributed by atoms with E-state index in [0.29, 0.717) is 0 Å². The summed E-state index contributed by atoms with van der Waals surface area (Å²) in [6.45, 7) is 0. The highest BCUT2D eigenvalue weighted by Gasteiger charge is 2.04. The van der Waals surface area contributed by atoms with Gasteiger partial charge in [-0.2, -0.15) is 4.37 Å². The lowest BCUT2D eigenvalue weighted by molar-refractivity contribution is 1.65. The Morgan fingerprint density at radius 1 is 1.27 bits per heavy atom. The van der Waals surface area contributed by atoms with Crippen molar-refractivity contribution in [1.29, 1.82) is 0 Å². The molecule has 0 radical (unpaired) electrons. The molecule has 1 aromatic heterocycles. The lowest BCUT2D eigenvalue weighted by Crippen LogP contribution is -1.68. The van der Waals surface area contributed by atoms with Gasteiger partial charge in [0.1, 0.15) is 0 Å². The predicted molar refractivity (Wildman–Crippen MR) is 55.0 cm³/mol. The first-order chi connectivity index (χ1) is 5.29. The molecule has 0 spiro atoms. The summed E-state index contributed by atoms with van der Waals surface area (Å²) in [4.78, 5) is 0. The van der Waals surface area contributed by atoms with Gasteiger partial charge in [0.05, 0.1) is 9.30 Å². The van der Waals surface area contributed by atoms with Crippen LogP contribution in [0.4, 0.5) is 0 Å². The number of benzene rings is 1. The Labute approximate surface area is 84.8 Å². The first-order valence-corrected chi connectivity index (χ1v) is 5.34. The number of halogens is 2. The van der Waals surface area contributed by atoms with Crippen LogP contribution in [0.15, 0.2) is 26.5 Å². The summed E-state index contributed by atoms with van der Waals surface area (Å²) < 4.78 is 6.42. The van der Waals surface area contributed by atoms with E-state index in [1.807, 2.05) is 18.2 Å². The highest BCUT2D eigenvalue weighted by atomic mass is 79.9. The van der Waals surface area contributed by atoms with Crippen LogP contribution in [-0.2, 0) is 0 Å². The van der Waals surface area contributed by atoms with Gasteiger partial charge in [-0.3, -0.25) is 0 Å². The van der Waals surface area contributed by atoms with Crippen molar-refractivity contribution in [1.82, 2.24) is 4.37 Å². The average Bonchev–Trinajstić information content (AvgIpc) is 2.34. The number of rotatable bonds is 0. The summed E-state index contributed by atoms with van der Waals surface area (Å²) in [6, 6.07) is 6.00. The van der Waals surface area contributed by atoms with Gasteiger partial charge in [0.25, 0.3) is 0 Å². The minimum absolute atomic E-state index is 1.04. The van der Waals surface area contributed by atoms with Crippen molar-refractivity contribution >= 4 is 54.3 Å². The van der Waals surface area contributed by atoms with Crippen molar-refractivity contribution in [3.63, 3.8) is 0 Å². The molecule has 2 rings (SSSR count). The van der Waals surface area contributed by atoms with E-state index in [1.54, 1.807) is 0 Å². The molecule has 2 aromatic rings. The van der Waals surface area contributed by atoms with E-state index in [4.69, 9.17) is 0 Å². The zero-order valence-electron chi connectivity index (χ0n) is 5.34. The molecule has 0 bridgehead atoms. The molecule has 0 saturated heterocycles. The first-order valence-electron chi connectivity index (χ1n) is 2.98. The highest BCUT2D eigenvalue weighted by molar-refractivity contribution is 9.11. The second-order valence-corrected chi connectivity index (χ2v) is 5.04. The normalized spacial score (nSPS) is 10.7. The lowest BCUT2D eigenvalue weighted by Gasteiger charge is -1.90. The lowest BCUT2D eigenvalue weighted by atomic mass is 10.3. The van der Waals surface area contributed by atoms with Gasteiger partial charge >= 0.3 is 0 Å². The molecule has 4 heteroatoms. The minimum atomic E-state index is 1.04. The number of hydrogen-bond donors (Lipinski definition) is 0. The van der Waals surface area contributed by atoms with Gasteiger partial charge in [-0.05, 0) is 39.6 Å². The Morgan fingerprint density at radius 3 is 2.82 bits per heavy atom. The van der Waals surface area contributed by atoms with Gasteiger partial charge in [0.15, 0.2) is 0 Å². The number of aromatic nitrogens is 1. The van der Waals surface area contributed by atoms with Crippen LogP contribution in [0, 0.1) is 0 Å². The summed E-state index contributed by atoms with van der Waals surface area (Å²) in [5.74, 6) is 0. The summed E-state index contributed by atoms with van der Waals surface area (Å²) in [7, 11) is 0. The molecule has 0 N–H and O–H groups in total. The van der Waals surface area contributed by atoms with Gasteiger partial charge in [0, 0.05) is 9.86 Å². The van der Waals surface area contributed by atoms with E-state index >= 15 is 0 Å². The van der Waals surface area contributed by atoms with Gasteiger partial charge in [-0.1, -0.05) is 22.0 Å². The molecule has 1 nitrogen and oxygen atoms in total. The van der Waals surface area contributed by atoms with E-state index in [2.05, 4.69) is 36.2 Å². The molecule has 11 heavy (non-hydrogen) atoms. The Balaban J connectivity index is 2.96. The number of hydrogen-bond acceptors (Lipinski definition) is 2. The van der Waals surface area contributed by atoms with Crippen molar-refractivity contribution in [2.24, 2.45) is 0 Å². The molecule has 0 amide bonds. The Kier molecular flexibility index (Phi) is 1.99. The fourth-order valence-electron chi connectivity index (χ4n) is 0.918. The van der Waals surface area contributed by atoms with Gasteiger partial charge in [-0.15, -0.1) is 0 Å². The van der Waals surface area contributed by atoms with E-state index in [9.17, 15) is 0 Å². The van der Waals surface area contributed by atoms with Gasteiger partial charge in [-0.25, -0.2) is 0 Å². The van der Waals surface area contributed by atoms with Crippen LogP contribution >= 0.6 is 43.4 Å². The fraction of sp³-hybridized carbons (Fsp3) is 0. The molecule has 0 fully saturated rings. The standard InChI is InChI=1S/C7H3Br2NS/c8-4-2-1-3-5-6(4)7(9)11-10-5/h1-3H. The van der Waals surface area contributed by atoms with Crippen molar-refractivity contribution in [2.75, 3.05) is 0 Å². The van der Waals surface area contributed by atoms with Crippen molar-refractivity contribution in [2.45, 2.75) is 0 Å². The van der Waals surface area contributed by atoms with Crippen LogP contribution in [0.25, 0.3) is 10.9 Å². The highest BCUT2D eigenvalue weighted by Crippen LogP contribution is 2.33. The monoisotopic (exact) mass is 291 g/mol. The predicted octanol–water partition coefficient (Wildman–Crippen LogP) is 3.82. The van der Waals surface area contributed by atoms with Gasteiger partial charge < -0.3 is 0 Å². The van der Waals surface area contributed by atoms with E-state index in [-0.39, 0.29) is 0 Å². The van der Waals surface area contributed by atoms with Crippen LogP contribution in [0.5, 0.6) is 0 Å². The van der Waals surface area contributed by atoms with Crippen LogP contribution in [0.2, 0.25) is 0 Å². The quantitative estimate of drug-likeness (QED) is 0.719. The maximum Gasteiger partial charge on any atom is 0.0995 e. The maximum atomic E-state index is 4.24. The van der Waals surface area contributed by atoms with Crippen molar-refractivity contribution in [3.8, 4) is 0 Å². The van der Waals surface area contributed by atoms with Crippen LogP contribution < -0.4 is 0 Å². The molecule has 0 unspecified atom stereocenters. The van der Waals surface area contributed by atoms with Crippen LogP contribution in [0.3, 0.4) is 0 Å². The first kappa shape index (κ1) is 7.71. The molecular weight excluding hydrogens is 290 g/mol. The molecule has 1 heterocycles. The number of nitrogens with zero attached hydrogens (tertiary/aromatic N) is 1. The smallest absolute Gasteiger partial charge is 0.0995 e. The summed E-state index contributed by atoms with van der Waals surface area (Å²) in [5.41, 5.74) is 1.04. The Bertz CT molecular complexity index is 396. The topological polar surface area (TPSA) is 12.9 Å². The average molecular weight is 293 g/mol. The van der Waals surface area contributed by atoms with Crippen molar-refractivity contribution < 1.29 is 0 Å². The van der Waals surface area contributed by atoms with E-state index in [1.165, 1.54) is 11.5 Å². The second-order valence-electron chi connectivity index (χ2n) is 2.09. The fourth-order valence-corrected chi connectivity index (χ4v) is 3.14. The SMILES string of the molecule is Brc1cccc2nsc(Br)c12. The molecule has 0 aliphatic heterocycles. The molecule has 1 aromatic carbocycles. The summed E-state index contributed by atoms with van der Waals surface area (Å²) >= 11 is 8.38. The third-order valence-electron chi connectivity index (χ3n) is 1.41. The zero-order chi connectivity index (χ0) is 7.84. The maximum absolute atomic E-state index is 4.24. The largest absolute Gasteiger partial charge is 0.191 e. The molecular formula is C7H3Br2NS. The molecule has 0 saturated carbocycles. The van der Waals surface area contributed by atoms with Crippen molar-refractivity contribution in [3.05, 3.63) is 26.5 Å². The third kappa shape index (κ3) is 1.23. The molecule has 0 aliphatic rings. The Morgan fingerprint density at radius 2 is 2.09 bits per heavy atom. The van der Waals surface area contributed by atoms with E-state index < -0.39 is 0 Å². The third-order valence-corrected chi connectivity index (χ3v) is 3.56. The van der Waals surface area contributed by atoms with E-state index in [0.717, 1.165) is 19.2 Å². The summed E-state index contributed by atoms with van der Waals surface area (Å²) in [6.07, 6.45) is 0. The number of fused-ring (bicyclic) bond motifs is 1.